The number of hydrogen-bond acceptors (Lipinski definition) is 6. The van der Waals surface area contributed by atoms with Gasteiger partial charge in [0.1, 0.15) is 12.2 Å². The highest BCUT2D eigenvalue weighted by Gasteiger charge is 2.35. The van der Waals surface area contributed by atoms with E-state index in [4.69, 9.17) is 9.47 Å². The highest BCUT2D eigenvalue weighted by Crippen LogP contribution is 2.36. The van der Waals surface area contributed by atoms with Crippen molar-refractivity contribution in [2.45, 2.75) is 33.4 Å². The zero-order valence-corrected chi connectivity index (χ0v) is 32.7. The fourth-order valence-electron chi connectivity index (χ4n) is 5.47. The van der Waals surface area contributed by atoms with Gasteiger partial charge in [0.2, 0.25) is 5.91 Å². The van der Waals surface area contributed by atoms with E-state index < -0.39 is 17.9 Å². The molecular weight excluding hydrogens is 797 g/mol. The van der Waals surface area contributed by atoms with Crippen LogP contribution in [0.3, 0.4) is 0 Å². The third-order valence-corrected chi connectivity index (χ3v) is 9.80. The molecular formula is C43H40IN3O5S. The van der Waals surface area contributed by atoms with Gasteiger partial charge in [0.15, 0.2) is 16.7 Å². The number of thioether (sulfide) groups is 1. The van der Waals surface area contributed by atoms with Crippen LogP contribution >= 0.6 is 34.4 Å². The largest absolute Gasteiger partial charge is 0.490 e. The smallest absolute Gasteiger partial charge is 0.285 e. The SMILES string of the molecule is C=C/C=C\C(=C/C)N1C(=O)/C(=C/c2cc(I)c(OCc3ccc(C)cc3)c(OCC)c2)C(=O)N=C1SCC(=O)NC(c1ccccc1)c1ccccc1. The number of halogens is 1. The monoisotopic (exact) mass is 837 g/mol. The van der Waals surface area contributed by atoms with Crippen molar-refractivity contribution >= 4 is 63.3 Å². The number of amides is 3. The average molecular weight is 838 g/mol. The van der Waals surface area contributed by atoms with Crippen LogP contribution in [0.4, 0.5) is 0 Å². The highest BCUT2D eigenvalue weighted by atomic mass is 127. The highest BCUT2D eigenvalue weighted by molar-refractivity contribution is 14.1. The molecule has 0 bridgehead atoms. The number of carbonyl (C=O) groups is 3. The van der Waals surface area contributed by atoms with E-state index >= 15 is 0 Å². The van der Waals surface area contributed by atoms with Crippen molar-refractivity contribution in [3.05, 3.63) is 171 Å². The Labute approximate surface area is 328 Å². The summed E-state index contributed by atoms with van der Waals surface area (Å²) >= 11 is 3.18. The van der Waals surface area contributed by atoms with Crippen LogP contribution in [0, 0.1) is 10.5 Å². The Balaban J connectivity index is 1.42. The number of hydrogen-bond donors (Lipinski definition) is 1. The third kappa shape index (κ3) is 10.2. The molecule has 0 saturated carbocycles. The maximum atomic E-state index is 14.2. The maximum Gasteiger partial charge on any atom is 0.285 e. The van der Waals surface area contributed by atoms with Gasteiger partial charge in [-0.25, -0.2) is 0 Å². The minimum atomic E-state index is -0.712. The zero-order valence-electron chi connectivity index (χ0n) is 29.8. The Hall–Kier alpha value is -5.20. The van der Waals surface area contributed by atoms with Crippen molar-refractivity contribution in [2.75, 3.05) is 12.4 Å². The fraction of sp³-hybridized carbons (Fsp3) is 0.163. The van der Waals surface area contributed by atoms with Gasteiger partial charge in [-0.3, -0.25) is 19.3 Å². The van der Waals surface area contributed by atoms with E-state index in [-0.39, 0.29) is 22.4 Å². The Bertz CT molecular complexity index is 2040. The first kappa shape index (κ1) is 39.0. The minimum Gasteiger partial charge on any atom is -0.490 e. The number of ether oxygens (including phenoxy) is 2. The van der Waals surface area contributed by atoms with E-state index in [1.54, 1.807) is 37.3 Å². The molecule has 0 atom stereocenters. The third-order valence-electron chi connectivity index (χ3n) is 8.06. The van der Waals surface area contributed by atoms with Crippen molar-refractivity contribution in [2.24, 2.45) is 4.99 Å². The van der Waals surface area contributed by atoms with E-state index in [9.17, 15) is 14.4 Å². The van der Waals surface area contributed by atoms with Crippen molar-refractivity contribution in [3.63, 3.8) is 0 Å². The van der Waals surface area contributed by atoms with Crippen LogP contribution in [0.25, 0.3) is 6.08 Å². The minimum absolute atomic E-state index is 0.0900. The molecule has 1 N–H and O–H groups in total. The van der Waals surface area contributed by atoms with Crippen LogP contribution in [0.2, 0.25) is 0 Å². The maximum absolute atomic E-state index is 14.2. The van der Waals surface area contributed by atoms with Crippen LogP contribution in [0.15, 0.2) is 144 Å². The molecule has 0 unspecified atom stereocenters. The van der Waals surface area contributed by atoms with Crippen LogP contribution in [-0.2, 0) is 21.0 Å². The molecule has 3 amide bonds. The molecule has 0 radical (unpaired) electrons. The summed E-state index contributed by atoms with van der Waals surface area (Å²) in [5.74, 6) is -0.606. The topological polar surface area (TPSA) is 97.3 Å². The van der Waals surface area contributed by atoms with Gasteiger partial charge in [0.25, 0.3) is 11.8 Å². The second-order valence-electron chi connectivity index (χ2n) is 11.9. The lowest BCUT2D eigenvalue weighted by molar-refractivity contribution is -0.126. The van der Waals surface area contributed by atoms with E-state index in [0.717, 1.165) is 37.6 Å². The van der Waals surface area contributed by atoms with Gasteiger partial charge in [0, 0.05) is 5.70 Å². The Morgan fingerprint density at radius 1 is 0.981 bits per heavy atom. The van der Waals surface area contributed by atoms with E-state index in [0.29, 0.717) is 36.0 Å². The molecule has 270 valence electrons. The average Bonchev–Trinajstić information content (AvgIpc) is 3.16. The first-order valence-electron chi connectivity index (χ1n) is 17.0. The normalized spacial score (nSPS) is 14.1. The molecule has 53 heavy (non-hydrogen) atoms. The predicted octanol–water partition coefficient (Wildman–Crippen LogP) is 8.97. The van der Waals surface area contributed by atoms with Gasteiger partial charge >= 0.3 is 0 Å². The molecule has 10 heteroatoms. The number of aliphatic imine (C=N–C) groups is 1. The molecule has 1 heterocycles. The Morgan fingerprint density at radius 2 is 1.64 bits per heavy atom. The van der Waals surface area contributed by atoms with Gasteiger partial charge in [-0.05, 0) is 89.9 Å². The molecule has 1 aliphatic heterocycles. The van der Waals surface area contributed by atoms with Crippen molar-refractivity contribution in [1.82, 2.24) is 10.2 Å². The zero-order chi connectivity index (χ0) is 37.7. The fourth-order valence-corrected chi connectivity index (χ4v) is 7.06. The van der Waals surface area contributed by atoms with Crippen molar-refractivity contribution in [1.29, 1.82) is 0 Å². The lowest BCUT2D eigenvalue weighted by Gasteiger charge is -2.28. The van der Waals surface area contributed by atoms with Crippen LogP contribution in [0.5, 0.6) is 11.5 Å². The number of nitrogens with zero attached hydrogens (tertiary/aromatic N) is 2. The predicted molar refractivity (Wildman–Crippen MR) is 222 cm³/mol. The molecule has 0 aliphatic carbocycles. The summed E-state index contributed by atoms with van der Waals surface area (Å²) in [7, 11) is 0. The van der Waals surface area contributed by atoms with E-state index in [1.807, 2.05) is 105 Å². The molecule has 1 aliphatic rings. The molecule has 4 aromatic carbocycles. The molecule has 0 aromatic heterocycles. The molecule has 0 fully saturated rings. The second-order valence-corrected chi connectivity index (χ2v) is 14.0. The summed E-state index contributed by atoms with van der Waals surface area (Å²) in [6.45, 7) is 10.2. The van der Waals surface area contributed by atoms with Gasteiger partial charge in [-0.15, -0.1) is 0 Å². The molecule has 8 nitrogen and oxygen atoms in total. The summed E-state index contributed by atoms with van der Waals surface area (Å²) in [4.78, 5) is 47.0. The quantitative estimate of drug-likeness (QED) is 0.0590. The van der Waals surface area contributed by atoms with Crippen molar-refractivity contribution in [3.8, 4) is 11.5 Å². The lowest BCUT2D eigenvalue weighted by atomic mass is 9.99. The Kier molecular flexibility index (Phi) is 14.0. The van der Waals surface area contributed by atoms with E-state index in [1.165, 1.54) is 11.0 Å². The standard InChI is InChI=1S/C43H40IN3O5S/c1-5-8-19-34(6-2)47-42(50)35(24-31-25-36(44)40(37(26-31)51-7-3)52-27-30-22-20-29(4)21-23-30)41(49)46-43(47)53-28-38(48)45-39(32-15-11-9-12-16-32)33-17-13-10-14-18-33/h5-6,8-26,39H,1,7,27-28H2,2-4H3,(H,45,48)/b19-8-,34-6+,35-24+. The van der Waals surface area contributed by atoms with Crippen LogP contribution in [0.1, 0.15) is 47.7 Å². The number of amidine groups is 1. The number of carbonyl (C=O) groups excluding carboxylic acids is 3. The van der Waals surface area contributed by atoms with Crippen LogP contribution < -0.4 is 14.8 Å². The first-order chi connectivity index (χ1) is 25.7. The molecule has 5 rings (SSSR count). The number of rotatable bonds is 14. The van der Waals surface area contributed by atoms with E-state index in [2.05, 4.69) is 39.5 Å². The number of aryl methyl sites for hydroxylation is 1. The van der Waals surface area contributed by atoms with Gasteiger partial charge in [0.05, 0.1) is 22.0 Å². The molecule has 0 saturated heterocycles. The summed E-state index contributed by atoms with van der Waals surface area (Å²) in [5.41, 5.74) is 4.93. The van der Waals surface area contributed by atoms with Gasteiger partial charge in [-0.1, -0.05) is 127 Å². The summed E-state index contributed by atoms with van der Waals surface area (Å²) in [5, 5.41) is 3.20. The second kappa shape index (κ2) is 19.0. The summed E-state index contributed by atoms with van der Waals surface area (Å²) < 4.78 is 12.9. The lowest BCUT2D eigenvalue weighted by Crippen LogP contribution is -2.42. The van der Waals surface area contributed by atoms with Gasteiger partial charge in [-0.2, -0.15) is 4.99 Å². The summed E-state index contributed by atoms with van der Waals surface area (Å²) in [6.07, 6.45) is 8.22. The Morgan fingerprint density at radius 3 is 2.25 bits per heavy atom. The molecule has 4 aromatic rings. The van der Waals surface area contributed by atoms with Crippen molar-refractivity contribution < 1.29 is 23.9 Å². The van der Waals surface area contributed by atoms with Crippen LogP contribution in [-0.4, -0.2) is 40.1 Å². The molecule has 0 spiro atoms. The summed E-state index contributed by atoms with van der Waals surface area (Å²) in [6, 6.07) is 30.6. The van der Waals surface area contributed by atoms with Gasteiger partial charge < -0.3 is 14.8 Å². The number of nitrogens with one attached hydrogen (secondary N) is 1. The number of allylic oxidation sites excluding steroid dienone is 4. The number of benzene rings is 4. The first-order valence-corrected chi connectivity index (χ1v) is 19.1.